The van der Waals surface area contributed by atoms with Crippen LogP contribution in [-0.4, -0.2) is 55.3 Å². The highest BCUT2D eigenvalue weighted by atomic mass is 32.2. The fourth-order valence-corrected chi connectivity index (χ4v) is 7.40. The highest BCUT2D eigenvalue weighted by Crippen LogP contribution is 2.27. The normalized spacial score (nSPS) is 18.9. The molecular formula is C26H30N4O6S2. The number of hydrogen-bond donors (Lipinski definition) is 1. The highest BCUT2D eigenvalue weighted by Gasteiger charge is 2.31. The van der Waals surface area contributed by atoms with Gasteiger partial charge in [0, 0.05) is 31.3 Å². The van der Waals surface area contributed by atoms with Crippen LogP contribution in [0.3, 0.4) is 0 Å². The van der Waals surface area contributed by atoms with Crippen LogP contribution in [0, 0.1) is 11.8 Å². The minimum absolute atomic E-state index is 0.128. The van der Waals surface area contributed by atoms with Crippen molar-refractivity contribution in [3.05, 3.63) is 52.8 Å². The van der Waals surface area contributed by atoms with E-state index in [9.17, 15) is 22.8 Å². The Labute approximate surface area is 225 Å². The summed E-state index contributed by atoms with van der Waals surface area (Å²) < 4.78 is 34.9. The molecule has 10 nitrogen and oxygen atoms in total. The van der Waals surface area contributed by atoms with E-state index < -0.39 is 21.9 Å². The van der Waals surface area contributed by atoms with E-state index in [1.807, 2.05) is 13.8 Å². The quantitative estimate of drug-likeness (QED) is 0.463. The number of amides is 2. The Hall–Kier alpha value is -3.35. The number of carbonyl (C=O) groups excluding carboxylic acids is 3. The topological polar surface area (TPSA) is 127 Å². The molecule has 2 atom stereocenters. The van der Waals surface area contributed by atoms with E-state index in [2.05, 4.69) is 10.3 Å². The number of nitrogens with zero attached hydrogens (tertiary/aromatic N) is 3. The average molecular weight is 559 g/mol. The number of esters is 1. The highest BCUT2D eigenvalue weighted by molar-refractivity contribution is 7.89. The molecule has 0 aliphatic carbocycles. The van der Waals surface area contributed by atoms with E-state index in [0.29, 0.717) is 29.0 Å². The van der Waals surface area contributed by atoms with E-state index in [1.165, 1.54) is 53.9 Å². The number of rotatable bonds is 6. The number of hydrogen-bond acceptors (Lipinski definition) is 7. The average Bonchev–Trinajstić information content (AvgIpc) is 3.18. The van der Waals surface area contributed by atoms with E-state index in [0.717, 1.165) is 6.42 Å². The summed E-state index contributed by atoms with van der Waals surface area (Å²) in [5, 5.41) is 2.71. The minimum atomic E-state index is -3.67. The van der Waals surface area contributed by atoms with E-state index in [-0.39, 0.29) is 39.5 Å². The van der Waals surface area contributed by atoms with Crippen LogP contribution in [0.4, 0.5) is 5.69 Å². The largest absolute Gasteiger partial charge is 0.468 e. The predicted molar refractivity (Wildman–Crippen MR) is 144 cm³/mol. The molecule has 1 N–H and O–H groups in total. The fourth-order valence-electron chi connectivity index (χ4n) is 4.66. The van der Waals surface area contributed by atoms with Gasteiger partial charge in [0.15, 0.2) is 4.80 Å². The second-order valence-corrected chi connectivity index (χ2v) is 12.6. The molecule has 0 bridgehead atoms. The van der Waals surface area contributed by atoms with Gasteiger partial charge in [-0.3, -0.25) is 14.4 Å². The number of thiazole rings is 1. The van der Waals surface area contributed by atoms with Crippen molar-refractivity contribution in [1.29, 1.82) is 0 Å². The third kappa shape index (κ3) is 6.03. The van der Waals surface area contributed by atoms with Crippen LogP contribution < -0.4 is 10.1 Å². The Morgan fingerprint density at radius 1 is 1.08 bits per heavy atom. The zero-order chi connectivity index (χ0) is 27.6. The second kappa shape index (κ2) is 11.2. The van der Waals surface area contributed by atoms with Gasteiger partial charge in [-0.15, -0.1) is 0 Å². The van der Waals surface area contributed by atoms with E-state index in [1.54, 1.807) is 22.8 Å². The lowest BCUT2D eigenvalue weighted by Crippen LogP contribution is -2.42. The molecule has 0 spiro atoms. The van der Waals surface area contributed by atoms with Crippen LogP contribution in [0.5, 0.6) is 0 Å². The van der Waals surface area contributed by atoms with Crippen molar-refractivity contribution in [3.63, 3.8) is 0 Å². The summed E-state index contributed by atoms with van der Waals surface area (Å²) in [6.45, 7) is 6.27. The number of piperidine rings is 1. The van der Waals surface area contributed by atoms with Crippen molar-refractivity contribution in [2.75, 3.05) is 25.5 Å². The number of nitrogens with one attached hydrogen (secondary N) is 1. The van der Waals surface area contributed by atoms with Crippen LogP contribution in [-0.2, 0) is 30.9 Å². The smallest absolute Gasteiger partial charge is 0.325 e. The number of fused-ring (bicyclic) bond motifs is 1. The van der Waals surface area contributed by atoms with Gasteiger partial charge in [0.1, 0.15) is 6.54 Å². The first-order valence-corrected chi connectivity index (χ1v) is 14.4. The summed E-state index contributed by atoms with van der Waals surface area (Å²) in [7, 11) is -2.40. The van der Waals surface area contributed by atoms with Crippen LogP contribution in [0.25, 0.3) is 10.2 Å². The molecule has 1 saturated heterocycles. The van der Waals surface area contributed by atoms with Gasteiger partial charge >= 0.3 is 5.97 Å². The number of sulfonamides is 1. The monoisotopic (exact) mass is 558 g/mol. The minimum Gasteiger partial charge on any atom is -0.468 e. The van der Waals surface area contributed by atoms with E-state index >= 15 is 0 Å². The fraction of sp³-hybridized carbons (Fsp3) is 0.385. The Kier molecular flexibility index (Phi) is 8.14. The van der Waals surface area contributed by atoms with Gasteiger partial charge in [0.05, 0.1) is 22.2 Å². The number of benzene rings is 2. The number of anilines is 1. The van der Waals surface area contributed by atoms with Gasteiger partial charge in [-0.1, -0.05) is 25.2 Å². The summed E-state index contributed by atoms with van der Waals surface area (Å²) in [5.74, 6) is -0.763. The van der Waals surface area contributed by atoms with Crippen LogP contribution in [0.1, 0.15) is 37.6 Å². The standard InChI is InChI=1S/C26H30N4O6S2/c1-16-11-17(2)14-29(13-16)38(34,35)21-8-5-19(6-9-21)25(33)28-26-30(15-24(32)36-4)22-10-7-20(27-18(3)31)12-23(22)37-26/h5-10,12,16-17H,11,13-15H2,1-4H3,(H,27,31). The predicted octanol–water partition coefficient (Wildman–Crippen LogP) is 3.24. The molecule has 2 aromatic carbocycles. The molecule has 0 saturated carbocycles. The van der Waals surface area contributed by atoms with Gasteiger partial charge in [0.25, 0.3) is 5.91 Å². The third-order valence-corrected chi connectivity index (χ3v) is 9.18. The molecule has 1 aliphatic heterocycles. The number of methoxy groups -OCH3 is 1. The Morgan fingerprint density at radius 2 is 1.74 bits per heavy atom. The molecule has 4 rings (SSSR count). The Morgan fingerprint density at radius 3 is 2.34 bits per heavy atom. The number of aromatic nitrogens is 1. The maximum atomic E-state index is 13.2. The molecule has 2 unspecified atom stereocenters. The van der Waals surface area contributed by atoms with Crippen molar-refractivity contribution in [3.8, 4) is 0 Å². The SMILES string of the molecule is COC(=O)Cn1c(=NC(=O)c2ccc(S(=O)(=O)N3CC(C)CC(C)C3)cc2)sc2cc(NC(C)=O)ccc21. The zero-order valence-corrected chi connectivity index (χ0v) is 23.3. The first-order valence-electron chi connectivity index (χ1n) is 12.1. The summed E-state index contributed by atoms with van der Waals surface area (Å²) >= 11 is 1.18. The lowest BCUT2D eigenvalue weighted by Gasteiger charge is -2.34. The van der Waals surface area contributed by atoms with Gasteiger partial charge in [0.2, 0.25) is 15.9 Å². The van der Waals surface area contributed by atoms with Crippen LogP contribution >= 0.6 is 11.3 Å². The maximum Gasteiger partial charge on any atom is 0.325 e. The molecule has 1 aromatic heterocycles. The van der Waals surface area contributed by atoms with Crippen LogP contribution in [0.2, 0.25) is 0 Å². The Balaban J connectivity index is 1.66. The zero-order valence-electron chi connectivity index (χ0n) is 21.6. The maximum absolute atomic E-state index is 13.2. The van der Waals surface area contributed by atoms with E-state index in [4.69, 9.17) is 4.74 Å². The lowest BCUT2D eigenvalue weighted by atomic mass is 9.94. The summed E-state index contributed by atoms with van der Waals surface area (Å²) in [4.78, 5) is 41.2. The lowest BCUT2D eigenvalue weighted by molar-refractivity contribution is -0.141. The summed E-state index contributed by atoms with van der Waals surface area (Å²) in [6, 6.07) is 10.9. The van der Waals surface area contributed by atoms with Gasteiger partial charge in [-0.05, 0) is 60.7 Å². The second-order valence-electron chi connectivity index (χ2n) is 9.62. The molecule has 3 aromatic rings. The molecular weight excluding hydrogens is 528 g/mol. The molecule has 38 heavy (non-hydrogen) atoms. The Bertz CT molecular complexity index is 1550. The molecule has 0 radical (unpaired) electrons. The van der Waals surface area contributed by atoms with Gasteiger partial charge < -0.3 is 14.6 Å². The molecule has 202 valence electrons. The molecule has 12 heteroatoms. The third-order valence-electron chi connectivity index (χ3n) is 6.29. The number of carbonyl (C=O) groups is 3. The van der Waals surface area contributed by atoms with Crippen molar-refractivity contribution in [2.24, 2.45) is 16.8 Å². The number of ether oxygens (including phenoxy) is 1. The van der Waals surface area contributed by atoms with Gasteiger partial charge in [-0.25, -0.2) is 8.42 Å². The van der Waals surface area contributed by atoms with Crippen LogP contribution in [0.15, 0.2) is 52.4 Å². The van der Waals surface area contributed by atoms with Gasteiger partial charge in [-0.2, -0.15) is 9.30 Å². The molecule has 2 heterocycles. The first kappa shape index (κ1) is 27.7. The molecule has 2 amide bonds. The van der Waals surface area contributed by atoms with Crippen molar-refractivity contribution in [2.45, 2.75) is 38.6 Å². The van der Waals surface area contributed by atoms with Crippen molar-refractivity contribution >= 4 is 55.0 Å². The summed E-state index contributed by atoms with van der Waals surface area (Å²) in [5.41, 5.74) is 1.43. The molecule has 1 aliphatic rings. The van der Waals surface area contributed by atoms with Crippen molar-refractivity contribution in [1.82, 2.24) is 8.87 Å². The summed E-state index contributed by atoms with van der Waals surface area (Å²) in [6.07, 6.45) is 0.989. The molecule has 1 fully saturated rings. The van der Waals surface area contributed by atoms with Crippen molar-refractivity contribution < 1.29 is 27.5 Å². The first-order chi connectivity index (χ1) is 18.0.